The van der Waals surface area contributed by atoms with Crippen molar-refractivity contribution >= 4 is 29.2 Å². The van der Waals surface area contributed by atoms with Crippen molar-refractivity contribution in [2.45, 2.75) is 6.42 Å². The van der Waals surface area contributed by atoms with E-state index < -0.39 is 22.8 Å². The van der Waals surface area contributed by atoms with E-state index in [-0.39, 0.29) is 6.42 Å². The summed E-state index contributed by atoms with van der Waals surface area (Å²) < 4.78 is 1.77. The number of nitrogens with zero attached hydrogens (tertiary/aromatic N) is 1. The summed E-state index contributed by atoms with van der Waals surface area (Å²) >= 11 is 0. The van der Waals surface area contributed by atoms with Crippen molar-refractivity contribution in [2.24, 2.45) is 7.05 Å². The third-order valence-electron chi connectivity index (χ3n) is 4.76. The number of benzene rings is 1. The second-order valence-electron chi connectivity index (χ2n) is 6.19. The lowest BCUT2D eigenvalue weighted by Crippen LogP contribution is -2.20. The van der Waals surface area contributed by atoms with Crippen molar-refractivity contribution in [3.05, 3.63) is 57.0 Å². The molecule has 0 radical (unpaired) electrons. The number of carboxylic acid groups (broad SMARTS) is 1. The maximum atomic E-state index is 12.2. The van der Waals surface area contributed by atoms with E-state index >= 15 is 0 Å². The lowest BCUT2D eigenvalue weighted by molar-refractivity contribution is 0.0691. The number of carbonyl (C=O) groups is 2. The third kappa shape index (κ3) is 2.10. The van der Waals surface area contributed by atoms with Gasteiger partial charge in [-0.25, -0.2) is 4.79 Å². The number of aryl methyl sites for hydroxylation is 1. The van der Waals surface area contributed by atoms with Crippen LogP contribution in [0.2, 0.25) is 0 Å². The first-order chi connectivity index (χ1) is 12.4. The van der Waals surface area contributed by atoms with Crippen molar-refractivity contribution < 1.29 is 19.8 Å². The van der Waals surface area contributed by atoms with Gasteiger partial charge in [-0.15, -0.1) is 0 Å². The van der Waals surface area contributed by atoms with Crippen molar-refractivity contribution in [2.75, 3.05) is 0 Å². The van der Waals surface area contributed by atoms with E-state index in [9.17, 15) is 24.6 Å². The zero-order chi connectivity index (χ0) is 18.6. The van der Waals surface area contributed by atoms with Crippen molar-refractivity contribution in [1.29, 1.82) is 0 Å². The maximum Gasteiger partial charge on any atom is 0.345 e. The summed E-state index contributed by atoms with van der Waals surface area (Å²) in [7, 11) is 1.79. The second-order valence-corrected chi connectivity index (χ2v) is 6.19. The van der Waals surface area contributed by atoms with Gasteiger partial charge in [0.2, 0.25) is 0 Å². The highest BCUT2D eigenvalue weighted by molar-refractivity contribution is 5.97. The number of aldehydes is 1. The zero-order valence-corrected chi connectivity index (χ0v) is 13.7. The quantitative estimate of drug-likeness (QED) is 0.614. The number of aromatic amines is 1. The van der Waals surface area contributed by atoms with Crippen LogP contribution in [-0.2, 0) is 13.5 Å². The molecule has 0 spiro atoms. The summed E-state index contributed by atoms with van der Waals surface area (Å²) in [6, 6.07) is 5.45. The van der Waals surface area contributed by atoms with Gasteiger partial charge in [0.25, 0.3) is 5.56 Å². The second kappa shape index (κ2) is 5.45. The molecule has 3 N–H and O–H groups in total. The number of allylic oxidation sites excluding steroid dienone is 1. The van der Waals surface area contributed by atoms with Crippen LogP contribution in [0, 0.1) is 0 Å². The Kier molecular flexibility index (Phi) is 3.33. The van der Waals surface area contributed by atoms with Crippen molar-refractivity contribution in [1.82, 2.24) is 9.55 Å². The maximum absolute atomic E-state index is 12.2. The molecule has 26 heavy (non-hydrogen) atoms. The van der Waals surface area contributed by atoms with E-state index in [0.29, 0.717) is 22.5 Å². The van der Waals surface area contributed by atoms with Gasteiger partial charge in [0.1, 0.15) is 5.75 Å². The highest BCUT2D eigenvalue weighted by atomic mass is 16.4. The zero-order valence-electron chi connectivity index (χ0n) is 13.7. The minimum absolute atomic E-state index is 0.281. The van der Waals surface area contributed by atoms with Crippen LogP contribution >= 0.6 is 0 Å². The fourth-order valence-corrected chi connectivity index (χ4v) is 3.45. The summed E-state index contributed by atoms with van der Waals surface area (Å²) in [6.45, 7) is 0. The van der Waals surface area contributed by atoms with Crippen LogP contribution in [0.15, 0.2) is 29.1 Å². The minimum atomic E-state index is -1.48. The van der Waals surface area contributed by atoms with Crippen LogP contribution in [0.4, 0.5) is 0 Å². The number of aromatic hydroxyl groups is 1. The molecule has 0 amide bonds. The molecule has 2 heterocycles. The monoisotopic (exact) mass is 350 g/mol. The molecule has 130 valence electrons. The van der Waals surface area contributed by atoms with Crippen LogP contribution in [0.5, 0.6) is 5.75 Å². The van der Waals surface area contributed by atoms with Crippen LogP contribution < -0.4 is 5.56 Å². The largest absolute Gasteiger partial charge is 0.506 e. The fraction of sp³-hybridized carbons (Fsp3) is 0.105. The molecule has 3 aromatic rings. The number of rotatable bonds is 2. The van der Waals surface area contributed by atoms with Gasteiger partial charge < -0.3 is 19.8 Å². The molecule has 0 aliphatic heterocycles. The molecule has 1 aliphatic rings. The molecular formula is C19H14N2O5. The van der Waals surface area contributed by atoms with Crippen LogP contribution in [0.3, 0.4) is 0 Å². The molecule has 0 saturated carbocycles. The molecule has 0 unspecified atom stereocenters. The van der Waals surface area contributed by atoms with Crippen LogP contribution in [0.25, 0.3) is 28.2 Å². The molecule has 0 bridgehead atoms. The molecule has 0 saturated heterocycles. The number of carbonyl (C=O) groups excluding carboxylic acids is 1. The Morgan fingerprint density at radius 1 is 1.31 bits per heavy atom. The van der Waals surface area contributed by atoms with E-state index in [1.807, 2.05) is 18.2 Å². The highest BCUT2D eigenvalue weighted by Gasteiger charge is 2.24. The number of hydrogen-bond acceptors (Lipinski definition) is 4. The first-order valence-corrected chi connectivity index (χ1v) is 7.89. The van der Waals surface area contributed by atoms with Gasteiger partial charge in [0, 0.05) is 29.1 Å². The summed E-state index contributed by atoms with van der Waals surface area (Å²) in [5.41, 5.74) is 2.04. The first-order valence-electron chi connectivity index (χ1n) is 7.89. The molecule has 7 heteroatoms. The number of carboxylic acids is 1. The number of aromatic nitrogens is 2. The lowest BCUT2D eigenvalue weighted by atomic mass is 9.98. The molecule has 1 aromatic carbocycles. The Morgan fingerprint density at radius 3 is 2.77 bits per heavy atom. The summed E-state index contributed by atoms with van der Waals surface area (Å²) in [6.07, 6.45) is 4.69. The predicted octanol–water partition coefficient (Wildman–Crippen LogP) is 2.32. The van der Waals surface area contributed by atoms with Crippen LogP contribution in [-0.4, -0.2) is 32.0 Å². The van der Waals surface area contributed by atoms with Gasteiger partial charge in [-0.2, -0.15) is 0 Å². The third-order valence-corrected chi connectivity index (χ3v) is 4.76. The number of fused-ring (bicyclic) bond motifs is 4. The molecule has 0 fully saturated rings. The summed E-state index contributed by atoms with van der Waals surface area (Å²) in [4.78, 5) is 37.2. The van der Waals surface area contributed by atoms with E-state index in [2.05, 4.69) is 4.98 Å². The average molecular weight is 350 g/mol. The van der Waals surface area contributed by atoms with Gasteiger partial charge in [0.15, 0.2) is 11.8 Å². The van der Waals surface area contributed by atoms with Crippen LogP contribution in [0.1, 0.15) is 32.0 Å². The van der Waals surface area contributed by atoms with E-state index in [1.54, 1.807) is 23.8 Å². The topological polar surface area (TPSA) is 112 Å². The van der Waals surface area contributed by atoms with Crippen molar-refractivity contribution in [3.8, 4) is 17.0 Å². The first kappa shape index (κ1) is 15.9. The Morgan fingerprint density at radius 2 is 2.08 bits per heavy atom. The smallest absolute Gasteiger partial charge is 0.345 e. The average Bonchev–Trinajstić information content (AvgIpc) is 2.79. The Bertz CT molecular complexity index is 1200. The fourth-order valence-electron chi connectivity index (χ4n) is 3.45. The van der Waals surface area contributed by atoms with Gasteiger partial charge in [0.05, 0.1) is 11.4 Å². The number of aromatic carboxylic acids is 1. The van der Waals surface area contributed by atoms with E-state index in [4.69, 9.17) is 0 Å². The Labute approximate surface area is 146 Å². The minimum Gasteiger partial charge on any atom is -0.506 e. The summed E-state index contributed by atoms with van der Waals surface area (Å²) in [5, 5.41) is 20.3. The highest BCUT2D eigenvalue weighted by Crippen LogP contribution is 2.37. The van der Waals surface area contributed by atoms with Gasteiger partial charge >= 0.3 is 5.97 Å². The number of nitrogens with one attached hydrogen (secondary N) is 1. The Hall–Kier alpha value is -3.61. The van der Waals surface area contributed by atoms with Gasteiger partial charge in [-0.3, -0.25) is 9.59 Å². The standard InChI is InChI=1S/C19H14N2O5/c1-21-11(8-22)5-10-6-13-9(7-14(10)21)3-2-4-12-16(13)20-18(24)15(17(12)23)19(25)26/h2-3,5-8H,4H2,1H3,(H,25,26)(H2,20,23,24). The summed E-state index contributed by atoms with van der Waals surface area (Å²) in [5.74, 6) is -2.00. The van der Waals surface area contributed by atoms with E-state index in [1.165, 1.54) is 0 Å². The normalized spacial score (nSPS) is 12.5. The molecule has 7 nitrogen and oxygen atoms in total. The predicted molar refractivity (Wildman–Crippen MR) is 95.7 cm³/mol. The van der Waals surface area contributed by atoms with Gasteiger partial charge in [-0.1, -0.05) is 12.2 Å². The van der Waals surface area contributed by atoms with Crippen molar-refractivity contribution in [3.63, 3.8) is 0 Å². The number of pyridine rings is 1. The van der Waals surface area contributed by atoms with E-state index in [0.717, 1.165) is 22.8 Å². The SMILES string of the molecule is Cn1c(C=O)cc2cc3c(cc21)C=CCc1c-3[nH]c(=O)c(C(=O)O)c1O. The molecule has 0 atom stereocenters. The van der Waals surface area contributed by atoms with Gasteiger partial charge in [-0.05, 0) is 30.2 Å². The lowest BCUT2D eigenvalue weighted by Gasteiger charge is -2.13. The molecule has 2 aromatic heterocycles. The molecule has 1 aliphatic carbocycles. The number of hydrogen-bond donors (Lipinski definition) is 3. The molecule has 4 rings (SSSR count). The molecular weight excluding hydrogens is 336 g/mol. The number of H-pyrrole nitrogens is 1. The Balaban J connectivity index is 2.09.